The molecule has 2 aromatic rings. The second-order valence-corrected chi connectivity index (χ2v) is 9.01. The van der Waals surface area contributed by atoms with Gasteiger partial charge in [-0.05, 0) is 53.3 Å². The number of rotatable bonds is 4. The monoisotopic (exact) mass is 382 g/mol. The van der Waals surface area contributed by atoms with Crippen LogP contribution in [0, 0.1) is 0 Å². The Labute approximate surface area is 167 Å². The highest BCUT2D eigenvalue weighted by Crippen LogP contribution is 2.46. The number of carbonyl (C=O) groups is 1. The Morgan fingerprint density at radius 2 is 1.54 bits per heavy atom. The van der Waals surface area contributed by atoms with Gasteiger partial charge in [-0.1, -0.05) is 41.5 Å². The van der Waals surface area contributed by atoms with Crippen LogP contribution in [0.4, 0.5) is 0 Å². The van der Waals surface area contributed by atoms with E-state index >= 15 is 0 Å². The van der Waals surface area contributed by atoms with Gasteiger partial charge in [-0.3, -0.25) is 4.79 Å². The molecule has 0 fully saturated rings. The van der Waals surface area contributed by atoms with Crippen molar-refractivity contribution in [2.45, 2.75) is 52.4 Å². The summed E-state index contributed by atoms with van der Waals surface area (Å²) in [4.78, 5) is 12.5. The van der Waals surface area contributed by atoms with Gasteiger partial charge in [0.2, 0.25) is 0 Å². The first-order chi connectivity index (χ1) is 12.9. The number of phenolic OH excluding ortho intramolecular Hbond substituents is 2. The molecule has 0 amide bonds. The molecule has 2 rings (SSSR count). The van der Waals surface area contributed by atoms with Crippen LogP contribution in [0.5, 0.6) is 17.2 Å². The predicted molar refractivity (Wildman–Crippen MR) is 114 cm³/mol. The Bertz CT molecular complexity index is 892. The number of aromatic hydroxyl groups is 2. The minimum absolute atomic E-state index is 0.116. The fourth-order valence-corrected chi connectivity index (χ4v) is 3.17. The van der Waals surface area contributed by atoms with Crippen LogP contribution in [-0.4, -0.2) is 23.1 Å². The Morgan fingerprint density at radius 1 is 0.964 bits per heavy atom. The topological polar surface area (TPSA) is 66.8 Å². The Balaban J connectivity index is 2.62. The molecule has 0 atom stereocenters. The lowest BCUT2D eigenvalue weighted by Crippen LogP contribution is -2.19. The molecule has 0 radical (unpaired) electrons. The van der Waals surface area contributed by atoms with Crippen molar-refractivity contribution in [2.24, 2.45) is 0 Å². The summed E-state index contributed by atoms with van der Waals surface area (Å²) in [6.45, 7) is 12.2. The van der Waals surface area contributed by atoms with Gasteiger partial charge < -0.3 is 14.9 Å². The number of ether oxygens (including phenoxy) is 1. The van der Waals surface area contributed by atoms with Gasteiger partial charge >= 0.3 is 0 Å². The summed E-state index contributed by atoms with van der Waals surface area (Å²) in [5.74, 6) is 0.738. The van der Waals surface area contributed by atoms with Crippen molar-refractivity contribution in [3.63, 3.8) is 0 Å². The molecule has 2 N–H and O–H groups in total. The van der Waals surface area contributed by atoms with Crippen LogP contribution < -0.4 is 4.74 Å². The van der Waals surface area contributed by atoms with Gasteiger partial charge in [-0.2, -0.15) is 0 Å². The minimum atomic E-state index is -0.347. The molecule has 0 aromatic heterocycles. The second kappa shape index (κ2) is 7.70. The fourth-order valence-electron chi connectivity index (χ4n) is 3.17. The average Bonchev–Trinajstić information content (AvgIpc) is 2.58. The third-order valence-corrected chi connectivity index (χ3v) is 4.61. The summed E-state index contributed by atoms with van der Waals surface area (Å²) in [6.07, 6.45) is 3.21. The van der Waals surface area contributed by atoms with Crippen molar-refractivity contribution in [1.82, 2.24) is 0 Å². The molecule has 2 aromatic carbocycles. The van der Waals surface area contributed by atoms with Crippen molar-refractivity contribution < 1.29 is 19.7 Å². The maximum atomic E-state index is 12.5. The highest BCUT2D eigenvalue weighted by atomic mass is 16.5. The molecule has 0 saturated heterocycles. The standard InChI is InChI=1S/C24H30O4/c1-23(2,3)18-14-16(22(28-7)20(21(18)27)24(4,5)6)10-13-19(26)15-8-11-17(25)12-9-15/h8-14,25,27H,1-7H3. The van der Waals surface area contributed by atoms with E-state index in [4.69, 9.17) is 4.74 Å². The molecule has 0 saturated carbocycles. The van der Waals surface area contributed by atoms with Crippen LogP contribution in [0.3, 0.4) is 0 Å². The van der Waals surface area contributed by atoms with Crippen molar-refractivity contribution in [3.8, 4) is 17.2 Å². The summed E-state index contributed by atoms with van der Waals surface area (Å²) in [5.41, 5.74) is 2.12. The fraction of sp³-hybridized carbons (Fsp3) is 0.375. The van der Waals surface area contributed by atoms with Crippen LogP contribution in [0.2, 0.25) is 0 Å². The van der Waals surface area contributed by atoms with E-state index in [0.29, 0.717) is 11.3 Å². The number of benzene rings is 2. The van der Waals surface area contributed by atoms with Crippen LogP contribution in [0.25, 0.3) is 6.08 Å². The largest absolute Gasteiger partial charge is 0.508 e. The van der Waals surface area contributed by atoms with Crippen molar-refractivity contribution in [3.05, 3.63) is 58.7 Å². The Morgan fingerprint density at radius 3 is 2.00 bits per heavy atom. The third kappa shape index (κ3) is 4.56. The zero-order valence-electron chi connectivity index (χ0n) is 17.8. The van der Waals surface area contributed by atoms with Gasteiger partial charge in [0.15, 0.2) is 5.78 Å². The zero-order valence-corrected chi connectivity index (χ0v) is 17.8. The van der Waals surface area contributed by atoms with Gasteiger partial charge in [0.1, 0.15) is 17.2 Å². The summed E-state index contributed by atoms with van der Waals surface area (Å²) in [7, 11) is 1.57. The summed E-state index contributed by atoms with van der Waals surface area (Å²) >= 11 is 0. The van der Waals surface area contributed by atoms with Gasteiger partial charge in [-0.25, -0.2) is 0 Å². The van der Waals surface area contributed by atoms with Crippen LogP contribution in [0.1, 0.15) is 68.6 Å². The van der Waals surface area contributed by atoms with Gasteiger partial charge in [0.25, 0.3) is 0 Å². The lowest BCUT2D eigenvalue weighted by molar-refractivity contribution is 0.104. The van der Waals surface area contributed by atoms with Crippen molar-refractivity contribution in [1.29, 1.82) is 0 Å². The summed E-state index contributed by atoms with van der Waals surface area (Å²) in [6, 6.07) is 8.01. The van der Waals surface area contributed by atoms with Crippen LogP contribution in [-0.2, 0) is 10.8 Å². The SMILES string of the molecule is COc1c(C=CC(=O)c2ccc(O)cc2)cc(C(C)(C)C)c(O)c1C(C)(C)C. The zero-order chi connectivity index (χ0) is 21.3. The number of hydrogen-bond donors (Lipinski definition) is 2. The number of carbonyl (C=O) groups excluding carboxylic acids is 1. The Hall–Kier alpha value is -2.75. The van der Waals surface area contributed by atoms with E-state index in [9.17, 15) is 15.0 Å². The normalized spacial score (nSPS) is 12.4. The van der Waals surface area contributed by atoms with Crippen LogP contribution in [0.15, 0.2) is 36.4 Å². The Kier molecular flexibility index (Phi) is 5.93. The molecule has 150 valence electrons. The van der Waals surface area contributed by atoms with E-state index in [1.165, 1.54) is 18.2 Å². The maximum Gasteiger partial charge on any atom is 0.185 e. The lowest BCUT2D eigenvalue weighted by atomic mass is 9.77. The highest BCUT2D eigenvalue weighted by molar-refractivity contribution is 6.07. The molecule has 4 nitrogen and oxygen atoms in total. The maximum absolute atomic E-state index is 12.5. The molecule has 0 aliphatic carbocycles. The van der Waals surface area contributed by atoms with Crippen molar-refractivity contribution >= 4 is 11.9 Å². The van der Waals surface area contributed by atoms with Gasteiger partial charge in [0.05, 0.1) is 7.11 Å². The molecule has 0 bridgehead atoms. The van der Waals surface area contributed by atoms with E-state index < -0.39 is 0 Å². The summed E-state index contributed by atoms with van der Waals surface area (Å²) in [5, 5.41) is 20.4. The number of allylic oxidation sites excluding steroid dienone is 1. The van der Waals surface area contributed by atoms with E-state index in [-0.39, 0.29) is 28.1 Å². The molecule has 0 aliphatic heterocycles. The number of ketones is 1. The molecular formula is C24H30O4. The van der Waals surface area contributed by atoms with Crippen molar-refractivity contribution in [2.75, 3.05) is 7.11 Å². The van der Waals surface area contributed by atoms with E-state index in [0.717, 1.165) is 16.7 Å². The van der Waals surface area contributed by atoms with Gasteiger partial charge in [0, 0.05) is 22.3 Å². The third-order valence-electron chi connectivity index (χ3n) is 4.61. The smallest absolute Gasteiger partial charge is 0.185 e. The highest BCUT2D eigenvalue weighted by Gasteiger charge is 2.30. The first-order valence-electron chi connectivity index (χ1n) is 9.32. The first-order valence-corrected chi connectivity index (χ1v) is 9.32. The first kappa shape index (κ1) is 21.5. The van der Waals surface area contributed by atoms with E-state index in [1.807, 2.05) is 47.6 Å². The predicted octanol–water partition coefficient (Wildman–Crippen LogP) is 5.60. The van der Waals surface area contributed by atoms with E-state index in [1.54, 1.807) is 25.3 Å². The molecule has 0 spiro atoms. The lowest BCUT2D eigenvalue weighted by Gasteiger charge is -2.30. The molecule has 0 heterocycles. The van der Waals surface area contributed by atoms with Gasteiger partial charge in [-0.15, -0.1) is 0 Å². The second-order valence-electron chi connectivity index (χ2n) is 9.01. The quantitative estimate of drug-likeness (QED) is 0.534. The number of methoxy groups -OCH3 is 1. The molecular weight excluding hydrogens is 352 g/mol. The molecule has 0 aliphatic rings. The average molecular weight is 383 g/mol. The van der Waals surface area contributed by atoms with E-state index in [2.05, 4.69) is 0 Å². The number of hydrogen-bond acceptors (Lipinski definition) is 4. The summed E-state index contributed by atoms with van der Waals surface area (Å²) < 4.78 is 5.65. The molecule has 28 heavy (non-hydrogen) atoms. The number of phenols is 2. The minimum Gasteiger partial charge on any atom is -0.508 e. The molecule has 0 unspecified atom stereocenters. The molecule has 4 heteroatoms. The van der Waals surface area contributed by atoms with Crippen LogP contribution >= 0.6 is 0 Å².